The minimum absolute atomic E-state index is 0.240. The van der Waals surface area contributed by atoms with Crippen LogP contribution in [-0.4, -0.2) is 5.71 Å². The van der Waals surface area contributed by atoms with Gasteiger partial charge in [0.05, 0.1) is 5.71 Å². The van der Waals surface area contributed by atoms with E-state index in [2.05, 4.69) is 32.0 Å². The molecule has 1 fully saturated rings. The van der Waals surface area contributed by atoms with E-state index in [-0.39, 0.29) is 5.82 Å². The minimum atomic E-state index is -0.240. The average Bonchev–Trinajstić information content (AvgIpc) is 2.91. The summed E-state index contributed by atoms with van der Waals surface area (Å²) < 4.78 is 13.1. The van der Waals surface area contributed by atoms with Gasteiger partial charge in [-0.2, -0.15) is 0 Å². The fraction of sp³-hybridized carbons (Fsp3) is 0.471. The second kappa shape index (κ2) is 4.72. The summed E-state index contributed by atoms with van der Waals surface area (Å²) in [5.41, 5.74) is 3.54. The molecule has 0 radical (unpaired) electrons. The Morgan fingerprint density at radius 1 is 1.40 bits per heavy atom. The fourth-order valence-corrected chi connectivity index (χ4v) is 3.35. The predicted molar refractivity (Wildman–Crippen MR) is 77.8 cm³/mol. The van der Waals surface area contributed by atoms with Gasteiger partial charge in [-0.05, 0) is 48.4 Å². The molecule has 0 aromatic heterocycles. The summed E-state index contributed by atoms with van der Waals surface area (Å²) in [6.45, 7) is 7.03. The maximum atomic E-state index is 13.1. The molecule has 2 unspecified atom stereocenters. The van der Waals surface area contributed by atoms with Crippen LogP contribution < -0.4 is 0 Å². The molecule has 3 heteroatoms. The SMILES string of the molecule is CC1=C/C(=N/OCc2cccc(F)c2)C2C(C1)C2(C)C. The molecule has 3 rings (SSSR count). The fourth-order valence-electron chi connectivity index (χ4n) is 3.35. The minimum Gasteiger partial charge on any atom is -0.391 e. The van der Waals surface area contributed by atoms with Crippen molar-refractivity contribution >= 4 is 5.71 Å². The van der Waals surface area contributed by atoms with Gasteiger partial charge in [-0.3, -0.25) is 0 Å². The molecule has 0 N–H and O–H groups in total. The highest BCUT2D eigenvalue weighted by Crippen LogP contribution is 2.63. The highest BCUT2D eigenvalue weighted by atomic mass is 19.1. The van der Waals surface area contributed by atoms with Crippen LogP contribution in [0.4, 0.5) is 4.39 Å². The molecule has 0 bridgehead atoms. The van der Waals surface area contributed by atoms with Crippen LogP contribution in [0.2, 0.25) is 0 Å². The molecule has 1 aromatic rings. The Morgan fingerprint density at radius 3 is 2.95 bits per heavy atom. The predicted octanol–water partition coefficient (Wildman–Crippen LogP) is 4.32. The zero-order valence-electron chi connectivity index (χ0n) is 12.2. The van der Waals surface area contributed by atoms with Crippen molar-refractivity contribution in [2.75, 3.05) is 0 Å². The Labute approximate surface area is 119 Å². The summed E-state index contributed by atoms with van der Waals surface area (Å²) in [5, 5.41) is 4.29. The molecular weight excluding hydrogens is 253 g/mol. The quantitative estimate of drug-likeness (QED) is 0.751. The van der Waals surface area contributed by atoms with Crippen LogP contribution in [0.25, 0.3) is 0 Å². The Morgan fingerprint density at radius 2 is 2.20 bits per heavy atom. The normalized spacial score (nSPS) is 28.8. The number of rotatable bonds is 3. The Bertz CT molecular complexity index is 588. The lowest BCUT2D eigenvalue weighted by Gasteiger charge is -2.09. The first-order chi connectivity index (χ1) is 9.48. The van der Waals surface area contributed by atoms with Gasteiger partial charge in [0.2, 0.25) is 0 Å². The smallest absolute Gasteiger partial charge is 0.142 e. The number of oxime groups is 1. The van der Waals surface area contributed by atoms with E-state index in [9.17, 15) is 4.39 Å². The van der Waals surface area contributed by atoms with Crippen LogP contribution in [0.1, 0.15) is 32.8 Å². The van der Waals surface area contributed by atoms with Crippen molar-refractivity contribution < 1.29 is 9.23 Å². The summed E-state index contributed by atoms with van der Waals surface area (Å²) >= 11 is 0. The van der Waals surface area contributed by atoms with E-state index in [4.69, 9.17) is 4.84 Å². The molecule has 0 amide bonds. The van der Waals surface area contributed by atoms with Crippen LogP contribution >= 0.6 is 0 Å². The standard InChI is InChI=1S/C17H20FNO/c1-11-7-14-16(17(14,2)3)15(8-11)19-20-10-12-5-4-6-13(18)9-12/h4-6,8-9,14,16H,7,10H2,1-3H3/b19-15-. The summed E-state index contributed by atoms with van der Waals surface area (Å²) in [6, 6.07) is 6.44. The lowest BCUT2D eigenvalue weighted by molar-refractivity contribution is 0.129. The molecule has 2 nitrogen and oxygen atoms in total. The van der Waals surface area contributed by atoms with E-state index in [0.717, 1.165) is 11.3 Å². The van der Waals surface area contributed by atoms with Crippen molar-refractivity contribution in [3.05, 3.63) is 47.3 Å². The van der Waals surface area contributed by atoms with E-state index < -0.39 is 0 Å². The van der Waals surface area contributed by atoms with Crippen molar-refractivity contribution in [2.45, 2.75) is 33.8 Å². The number of allylic oxidation sites excluding steroid dienone is 2. The zero-order chi connectivity index (χ0) is 14.3. The molecular formula is C17H20FNO. The first-order valence-electron chi connectivity index (χ1n) is 7.10. The van der Waals surface area contributed by atoms with E-state index in [1.165, 1.54) is 24.1 Å². The van der Waals surface area contributed by atoms with Crippen LogP contribution in [0, 0.1) is 23.1 Å². The summed E-state index contributed by atoms with van der Waals surface area (Å²) in [7, 11) is 0. The van der Waals surface area contributed by atoms with Crippen molar-refractivity contribution in [1.82, 2.24) is 0 Å². The topological polar surface area (TPSA) is 21.6 Å². The van der Waals surface area contributed by atoms with Gasteiger partial charge >= 0.3 is 0 Å². The number of fused-ring (bicyclic) bond motifs is 1. The molecule has 20 heavy (non-hydrogen) atoms. The summed E-state index contributed by atoms with van der Waals surface area (Å²) in [5.74, 6) is 0.971. The van der Waals surface area contributed by atoms with Crippen molar-refractivity contribution in [2.24, 2.45) is 22.4 Å². The van der Waals surface area contributed by atoms with Crippen LogP contribution in [0.3, 0.4) is 0 Å². The number of hydrogen-bond acceptors (Lipinski definition) is 2. The maximum Gasteiger partial charge on any atom is 0.142 e. The Balaban J connectivity index is 1.68. The van der Waals surface area contributed by atoms with Gasteiger partial charge in [-0.25, -0.2) is 4.39 Å². The average molecular weight is 273 g/mol. The van der Waals surface area contributed by atoms with Crippen molar-refractivity contribution in [1.29, 1.82) is 0 Å². The number of halogens is 1. The number of nitrogens with zero attached hydrogens (tertiary/aromatic N) is 1. The molecule has 106 valence electrons. The van der Waals surface area contributed by atoms with E-state index in [1.807, 2.05) is 6.07 Å². The summed E-state index contributed by atoms with van der Waals surface area (Å²) in [4.78, 5) is 5.43. The zero-order valence-corrected chi connectivity index (χ0v) is 12.2. The highest BCUT2D eigenvalue weighted by molar-refractivity contribution is 6.01. The lowest BCUT2D eigenvalue weighted by Crippen LogP contribution is -2.08. The third-order valence-electron chi connectivity index (χ3n) is 4.60. The molecule has 0 spiro atoms. The van der Waals surface area contributed by atoms with Crippen molar-refractivity contribution in [3.63, 3.8) is 0 Å². The third kappa shape index (κ3) is 2.37. The largest absolute Gasteiger partial charge is 0.391 e. The third-order valence-corrected chi connectivity index (χ3v) is 4.60. The van der Waals surface area contributed by atoms with Gasteiger partial charge < -0.3 is 4.84 Å². The monoisotopic (exact) mass is 273 g/mol. The Hall–Kier alpha value is -1.64. The number of hydrogen-bond donors (Lipinski definition) is 0. The van der Waals surface area contributed by atoms with Crippen LogP contribution in [-0.2, 0) is 11.4 Å². The molecule has 2 atom stereocenters. The first-order valence-corrected chi connectivity index (χ1v) is 7.10. The van der Waals surface area contributed by atoms with Gasteiger partial charge in [0, 0.05) is 5.92 Å². The van der Waals surface area contributed by atoms with Gasteiger partial charge in [0.25, 0.3) is 0 Å². The van der Waals surface area contributed by atoms with Gasteiger partial charge in [0.1, 0.15) is 12.4 Å². The molecule has 0 aliphatic heterocycles. The molecule has 0 heterocycles. The maximum absolute atomic E-state index is 13.1. The van der Waals surface area contributed by atoms with Gasteiger partial charge in [-0.1, -0.05) is 36.7 Å². The molecule has 1 aromatic carbocycles. The van der Waals surface area contributed by atoms with Gasteiger partial charge in [0.15, 0.2) is 0 Å². The molecule has 2 aliphatic rings. The van der Waals surface area contributed by atoms with Crippen LogP contribution in [0.5, 0.6) is 0 Å². The lowest BCUT2D eigenvalue weighted by atomic mass is 10.00. The van der Waals surface area contributed by atoms with E-state index >= 15 is 0 Å². The highest BCUT2D eigenvalue weighted by Gasteiger charge is 2.60. The molecule has 0 saturated heterocycles. The summed E-state index contributed by atoms with van der Waals surface area (Å²) in [6.07, 6.45) is 3.31. The van der Waals surface area contributed by atoms with Gasteiger partial charge in [-0.15, -0.1) is 0 Å². The second-order valence-corrected chi connectivity index (χ2v) is 6.52. The number of benzene rings is 1. The second-order valence-electron chi connectivity index (χ2n) is 6.52. The first kappa shape index (κ1) is 13.3. The van der Waals surface area contributed by atoms with E-state index in [1.54, 1.807) is 6.07 Å². The molecule has 2 aliphatic carbocycles. The Kier molecular flexibility index (Phi) is 3.15. The van der Waals surface area contributed by atoms with Crippen LogP contribution in [0.15, 0.2) is 41.1 Å². The van der Waals surface area contributed by atoms with E-state index in [0.29, 0.717) is 23.9 Å². The van der Waals surface area contributed by atoms with Crippen molar-refractivity contribution in [3.8, 4) is 0 Å². The molecule has 1 saturated carbocycles.